The number of aryl methyl sites for hydroxylation is 3. The number of amides is 3. The van der Waals surface area contributed by atoms with Crippen LogP contribution in [0.2, 0.25) is 0 Å². The Morgan fingerprint density at radius 3 is 2.53 bits per heavy atom. The highest BCUT2D eigenvalue weighted by atomic mass is 19.1. The Labute approximate surface area is 183 Å². The van der Waals surface area contributed by atoms with Crippen LogP contribution in [0.1, 0.15) is 23.4 Å². The van der Waals surface area contributed by atoms with Crippen molar-refractivity contribution in [2.75, 3.05) is 11.9 Å². The van der Waals surface area contributed by atoms with Crippen molar-refractivity contribution in [1.29, 1.82) is 0 Å². The first kappa shape index (κ1) is 22.7. The molecule has 0 fully saturated rings. The Balaban J connectivity index is 1.39. The minimum Gasteiger partial charge on any atom is -0.456 e. The molecule has 32 heavy (non-hydrogen) atoms. The van der Waals surface area contributed by atoms with Crippen molar-refractivity contribution in [3.63, 3.8) is 0 Å². The number of nitrogens with one attached hydrogen (secondary N) is 2. The van der Waals surface area contributed by atoms with Crippen molar-refractivity contribution < 1.29 is 27.9 Å². The first-order valence-corrected chi connectivity index (χ1v) is 9.84. The summed E-state index contributed by atoms with van der Waals surface area (Å²) >= 11 is 0. The molecule has 0 atom stereocenters. The zero-order valence-corrected chi connectivity index (χ0v) is 17.6. The molecular formula is C23H22FN3O5. The number of hydrogen-bond donors (Lipinski definition) is 2. The highest BCUT2D eigenvalue weighted by Crippen LogP contribution is 2.21. The van der Waals surface area contributed by atoms with Gasteiger partial charge in [-0.15, -0.1) is 0 Å². The van der Waals surface area contributed by atoms with Gasteiger partial charge in [-0.1, -0.05) is 6.07 Å². The second kappa shape index (κ2) is 10.3. The van der Waals surface area contributed by atoms with E-state index >= 15 is 0 Å². The summed E-state index contributed by atoms with van der Waals surface area (Å²) in [5, 5.41) is 4.63. The second-order valence-corrected chi connectivity index (χ2v) is 7.09. The van der Waals surface area contributed by atoms with Gasteiger partial charge in [-0.2, -0.15) is 0 Å². The molecule has 0 unspecified atom stereocenters. The summed E-state index contributed by atoms with van der Waals surface area (Å²) in [7, 11) is 0. The van der Waals surface area contributed by atoms with E-state index in [0.717, 1.165) is 11.1 Å². The maximum Gasteiger partial charge on any atom is 0.325 e. The second-order valence-electron chi connectivity index (χ2n) is 7.09. The van der Waals surface area contributed by atoms with Crippen LogP contribution in [-0.2, 0) is 20.7 Å². The van der Waals surface area contributed by atoms with Crippen LogP contribution in [0.4, 0.5) is 14.9 Å². The van der Waals surface area contributed by atoms with Gasteiger partial charge in [-0.25, -0.2) is 14.2 Å². The molecule has 0 spiro atoms. The van der Waals surface area contributed by atoms with E-state index in [2.05, 4.69) is 15.6 Å². The molecule has 2 N–H and O–H groups in total. The van der Waals surface area contributed by atoms with Crippen LogP contribution >= 0.6 is 0 Å². The van der Waals surface area contributed by atoms with E-state index in [0.29, 0.717) is 22.9 Å². The lowest BCUT2D eigenvalue weighted by atomic mass is 10.1. The third-order valence-electron chi connectivity index (χ3n) is 4.61. The van der Waals surface area contributed by atoms with Gasteiger partial charge in [0.15, 0.2) is 18.3 Å². The molecule has 3 amide bonds. The van der Waals surface area contributed by atoms with Gasteiger partial charge < -0.3 is 14.5 Å². The topological polar surface area (TPSA) is 111 Å². The molecule has 3 rings (SSSR count). The summed E-state index contributed by atoms with van der Waals surface area (Å²) in [6.07, 6.45) is 1.58. The zero-order chi connectivity index (χ0) is 23.1. The van der Waals surface area contributed by atoms with Gasteiger partial charge in [0.2, 0.25) is 0 Å². The predicted molar refractivity (Wildman–Crippen MR) is 114 cm³/mol. The Morgan fingerprint density at radius 2 is 1.81 bits per heavy atom. The highest BCUT2D eigenvalue weighted by Gasteiger charge is 2.13. The number of aromatic nitrogens is 1. The van der Waals surface area contributed by atoms with E-state index < -0.39 is 24.5 Å². The molecule has 9 heteroatoms. The number of anilines is 1. The van der Waals surface area contributed by atoms with Crippen LogP contribution in [0.5, 0.6) is 0 Å². The summed E-state index contributed by atoms with van der Waals surface area (Å²) in [6.45, 7) is 3.26. The number of nitrogens with zero attached hydrogens (tertiary/aromatic N) is 1. The van der Waals surface area contributed by atoms with Gasteiger partial charge in [-0.05, 0) is 61.4 Å². The van der Waals surface area contributed by atoms with Crippen LogP contribution < -0.4 is 10.6 Å². The molecule has 1 aromatic heterocycles. The number of carbonyl (C=O) groups excluding carboxylic acids is 3. The van der Waals surface area contributed by atoms with Crippen molar-refractivity contribution in [2.45, 2.75) is 26.7 Å². The van der Waals surface area contributed by atoms with Gasteiger partial charge in [0, 0.05) is 17.7 Å². The van der Waals surface area contributed by atoms with E-state index in [-0.39, 0.29) is 18.7 Å². The molecule has 2 aromatic carbocycles. The van der Waals surface area contributed by atoms with Crippen molar-refractivity contribution in [3.8, 4) is 11.3 Å². The fourth-order valence-electron chi connectivity index (χ4n) is 2.74. The number of oxazole rings is 1. The quantitative estimate of drug-likeness (QED) is 0.540. The lowest BCUT2D eigenvalue weighted by molar-refractivity contribution is -0.148. The SMILES string of the molecule is Cc1ccc(NC(=O)NC(=O)COC(=O)CCc2ncc(-c3ccc(F)cc3)o2)cc1C. The number of urea groups is 1. The lowest BCUT2D eigenvalue weighted by Gasteiger charge is -2.09. The summed E-state index contributed by atoms with van der Waals surface area (Å²) < 4.78 is 23.4. The standard InChI is InChI=1S/C23H22FN3O5/c1-14-3-8-18(11-15(14)2)26-23(30)27-20(28)13-31-22(29)10-9-21-25-12-19(32-21)16-4-6-17(24)7-5-16/h3-8,11-12H,9-10,13H2,1-2H3,(H2,26,27,28,30). The first-order chi connectivity index (χ1) is 15.3. The molecule has 0 bridgehead atoms. The van der Waals surface area contributed by atoms with Gasteiger partial charge in [0.1, 0.15) is 5.82 Å². The summed E-state index contributed by atoms with van der Waals surface area (Å²) in [4.78, 5) is 39.6. The normalized spacial score (nSPS) is 10.5. The van der Waals surface area contributed by atoms with Crippen molar-refractivity contribution >= 4 is 23.6 Å². The van der Waals surface area contributed by atoms with E-state index in [1.54, 1.807) is 24.3 Å². The molecule has 0 aliphatic rings. The lowest BCUT2D eigenvalue weighted by Crippen LogP contribution is -2.37. The number of ether oxygens (including phenoxy) is 1. The summed E-state index contributed by atoms with van der Waals surface area (Å²) in [5.41, 5.74) is 3.28. The van der Waals surface area contributed by atoms with Gasteiger partial charge in [0.25, 0.3) is 5.91 Å². The van der Waals surface area contributed by atoms with Gasteiger partial charge in [-0.3, -0.25) is 14.9 Å². The maximum absolute atomic E-state index is 13.0. The summed E-state index contributed by atoms with van der Waals surface area (Å²) in [6, 6.07) is 10.4. The van der Waals surface area contributed by atoms with Crippen LogP contribution in [-0.4, -0.2) is 29.5 Å². The van der Waals surface area contributed by atoms with Crippen molar-refractivity contribution in [2.24, 2.45) is 0 Å². The van der Waals surface area contributed by atoms with E-state index in [4.69, 9.17) is 9.15 Å². The van der Waals surface area contributed by atoms with E-state index in [9.17, 15) is 18.8 Å². The third kappa shape index (κ3) is 6.49. The summed E-state index contributed by atoms with van der Waals surface area (Å²) in [5.74, 6) is -1.00. The minimum atomic E-state index is -0.755. The molecule has 0 aliphatic carbocycles. The Morgan fingerprint density at radius 1 is 1.06 bits per heavy atom. The van der Waals surface area contributed by atoms with Crippen molar-refractivity contribution in [1.82, 2.24) is 10.3 Å². The molecule has 0 saturated carbocycles. The number of carbonyl (C=O) groups is 3. The molecule has 8 nitrogen and oxygen atoms in total. The fourth-order valence-corrected chi connectivity index (χ4v) is 2.74. The smallest absolute Gasteiger partial charge is 0.325 e. The zero-order valence-electron chi connectivity index (χ0n) is 17.6. The molecule has 0 radical (unpaired) electrons. The number of hydrogen-bond acceptors (Lipinski definition) is 6. The number of esters is 1. The molecule has 0 aliphatic heterocycles. The Kier molecular flexibility index (Phi) is 7.33. The molecule has 1 heterocycles. The average molecular weight is 439 g/mol. The minimum absolute atomic E-state index is 0.0640. The monoisotopic (exact) mass is 439 g/mol. The molecule has 3 aromatic rings. The van der Waals surface area contributed by atoms with Crippen molar-refractivity contribution in [3.05, 3.63) is 71.5 Å². The maximum atomic E-state index is 13.0. The number of rotatable bonds is 7. The molecular weight excluding hydrogens is 417 g/mol. The third-order valence-corrected chi connectivity index (χ3v) is 4.61. The largest absolute Gasteiger partial charge is 0.456 e. The van der Waals surface area contributed by atoms with Crippen LogP contribution in [0, 0.1) is 19.7 Å². The van der Waals surface area contributed by atoms with E-state index in [1.807, 2.05) is 19.9 Å². The predicted octanol–water partition coefficient (Wildman–Crippen LogP) is 3.92. The fraction of sp³-hybridized carbons (Fsp3) is 0.217. The first-order valence-electron chi connectivity index (χ1n) is 9.84. The van der Waals surface area contributed by atoms with Gasteiger partial charge >= 0.3 is 12.0 Å². The van der Waals surface area contributed by atoms with Crippen LogP contribution in [0.15, 0.2) is 53.1 Å². The number of imide groups is 1. The number of halogens is 1. The van der Waals surface area contributed by atoms with Crippen LogP contribution in [0.3, 0.4) is 0 Å². The molecule has 0 saturated heterocycles. The molecule has 166 valence electrons. The van der Waals surface area contributed by atoms with Gasteiger partial charge in [0.05, 0.1) is 12.6 Å². The van der Waals surface area contributed by atoms with E-state index in [1.165, 1.54) is 18.3 Å². The Bertz CT molecular complexity index is 1120. The average Bonchev–Trinajstić information content (AvgIpc) is 3.23. The van der Waals surface area contributed by atoms with Crippen LogP contribution in [0.25, 0.3) is 11.3 Å². The highest BCUT2D eigenvalue weighted by molar-refractivity contribution is 6.01. The number of benzene rings is 2. The Hall–Kier alpha value is -4.01.